The van der Waals surface area contributed by atoms with Crippen LogP contribution >= 0.6 is 17.0 Å². The first-order chi connectivity index (χ1) is 14.9. The van der Waals surface area contributed by atoms with Crippen molar-refractivity contribution in [3.63, 3.8) is 0 Å². The van der Waals surface area contributed by atoms with E-state index in [0.29, 0.717) is 0 Å². The molecule has 0 atom stereocenters. The van der Waals surface area contributed by atoms with Gasteiger partial charge in [-0.3, -0.25) is 0 Å². The molecule has 0 amide bonds. The van der Waals surface area contributed by atoms with Crippen LogP contribution in [-0.4, -0.2) is 24.4 Å². The molecule has 0 aliphatic carbocycles. The maximum absolute atomic E-state index is 5.89. The number of halogens is 2. The van der Waals surface area contributed by atoms with Gasteiger partial charge in [-0.1, -0.05) is 25.2 Å². The van der Waals surface area contributed by atoms with Gasteiger partial charge in [0, 0.05) is 16.1 Å². The minimum absolute atomic E-state index is 0.826. The number of hydrogen-bond donors (Lipinski definition) is 0. The maximum atomic E-state index is 5.89. The summed E-state index contributed by atoms with van der Waals surface area (Å²) in [7, 11) is 9.59. The summed E-state index contributed by atoms with van der Waals surface area (Å²) in [6.07, 6.45) is 1.03. The predicted molar refractivity (Wildman–Crippen MR) is 141 cm³/mol. The van der Waals surface area contributed by atoms with Gasteiger partial charge in [0.25, 0.3) is 0 Å². The fourth-order valence-electron chi connectivity index (χ4n) is 2.97. The molecule has 6 heteroatoms. The summed E-state index contributed by atoms with van der Waals surface area (Å²) in [5, 5.41) is 5.38. The Morgan fingerprint density at radius 3 is 2.10 bits per heavy atom. The fourth-order valence-corrected chi connectivity index (χ4v) is 3.68. The quantitative estimate of drug-likeness (QED) is 0.177. The molecule has 0 N–H and O–H groups in total. The number of benzene rings is 2. The molecule has 0 spiro atoms. The molecule has 0 fully saturated rings. The van der Waals surface area contributed by atoms with Crippen molar-refractivity contribution in [3.05, 3.63) is 84.4 Å². The summed E-state index contributed by atoms with van der Waals surface area (Å²) in [4.78, 5) is 0. The molecule has 1 nitrogen and oxygen atoms in total. The molecule has 4 rings (SSSR count). The van der Waals surface area contributed by atoms with Gasteiger partial charge in [-0.2, -0.15) is 23.1 Å². The van der Waals surface area contributed by atoms with E-state index < -0.39 is 29.2 Å². The summed E-state index contributed by atoms with van der Waals surface area (Å²) in [5.41, 5.74) is 1.41. The second kappa shape index (κ2) is 16.2. The fraction of sp³-hybridized carbons (Fsp3) is 0.280. The molecule has 0 aliphatic rings. The summed E-state index contributed by atoms with van der Waals surface area (Å²) < 4.78 is 5.89. The van der Waals surface area contributed by atoms with Crippen molar-refractivity contribution < 1.29 is 25.3 Å². The van der Waals surface area contributed by atoms with Crippen molar-refractivity contribution in [1.29, 1.82) is 0 Å². The second-order valence-electron chi connectivity index (χ2n) is 7.88. The van der Waals surface area contributed by atoms with E-state index in [0.717, 1.165) is 22.5 Å². The van der Waals surface area contributed by atoms with Gasteiger partial charge in [0.2, 0.25) is 0 Å². The molecule has 0 saturated carbocycles. The summed E-state index contributed by atoms with van der Waals surface area (Å²) in [6, 6.07) is 27.6. The van der Waals surface area contributed by atoms with E-state index in [9.17, 15) is 0 Å². The van der Waals surface area contributed by atoms with Crippen molar-refractivity contribution in [2.45, 2.75) is 39.2 Å². The smallest absolute Gasteiger partial charge is 0.0809 e. The van der Waals surface area contributed by atoms with Gasteiger partial charge in [-0.15, -0.1) is 70.8 Å². The molecule has 4 aromatic carbocycles. The molecule has 31 heavy (non-hydrogen) atoms. The molecule has 0 unspecified atom stereocenters. The van der Waals surface area contributed by atoms with Crippen molar-refractivity contribution in [2.75, 3.05) is 6.61 Å². The first kappa shape index (κ1) is 28.5. The van der Waals surface area contributed by atoms with Crippen LogP contribution in [0.15, 0.2) is 78.9 Å². The monoisotopic (exact) mass is 564 g/mol. The van der Waals surface area contributed by atoms with E-state index >= 15 is 0 Å². The van der Waals surface area contributed by atoms with E-state index in [2.05, 4.69) is 112 Å². The van der Waals surface area contributed by atoms with Gasteiger partial charge in [-0.25, -0.2) is 0 Å². The Morgan fingerprint density at radius 2 is 1.48 bits per heavy atom. The molecule has 0 heterocycles. The Morgan fingerprint density at radius 1 is 0.903 bits per heavy atom. The molecule has 0 aliphatic heterocycles. The summed E-state index contributed by atoms with van der Waals surface area (Å²) in [6.45, 7) is 11.9. The zero-order valence-corrected chi connectivity index (χ0v) is 25.1. The van der Waals surface area contributed by atoms with Crippen molar-refractivity contribution in [3.8, 4) is 0 Å². The number of rotatable bonds is 4. The van der Waals surface area contributed by atoms with Gasteiger partial charge in [0.15, 0.2) is 8.32 Å². The van der Waals surface area contributed by atoms with E-state index in [1.165, 1.54) is 27.1 Å². The molecule has 2 radical (unpaired) electrons. The number of hydrogen-bond acceptors (Lipinski definition) is 1. The first-order valence-electron chi connectivity index (χ1n) is 10.3. The van der Waals surface area contributed by atoms with Crippen LogP contribution in [-0.2, 0) is 31.7 Å². The number of fused-ring (bicyclic) bond motifs is 2. The van der Waals surface area contributed by atoms with Crippen molar-refractivity contribution in [2.24, 2.45) is 0 Å². The van der Waals surface area contributed by atoms with E-state index in [-0.39, 0.29) is 0 Å². The van der Waals surface area contributed by atoms with Crippen molar-refractivity contribution >= 4 is 56.4 Å². The third-order valence-electron chi connectivity index (χ3n) is 4.22. The molecular formula is C25H32Cl2OSi2Zr. The average Bonchev–Trinajstić information content (AvgIpc) is 3.36. The van der Waals surface area contributed by atoms with Gasteiger partial charge in [-0.05, 0) is 26.1 Å². The zero-order chi connectivity index (χ0) is 23.1. The normalized spacial score (nSPS) is 10.2. The average molecular weight is 567 g/mol. The van der Waals surface area contributed by atoms with Gasteiger partial charge in [0.1, 0.15) is 0 Å². The molecular weight excluding hydrogens is 535 g/mol. The minimum Gasteiger partial charge on any atom is -0.168 e. The molecule has 0 saturated heterocycles. The Kier molecular flexibility index (Phi) is 14.9. The Balaban J connectivity index is 0.000000268. The largest absolute Gasteiger partial charge is 0.168 e. The van der Waals surface area contributed by atoms with Crippen LogP contribution in [0, 0.1) is 0 Å². The molecule has 4 aromatic rings. The minimum atomic E-state index is -1.36. The topological polar surface area (TPSA) is 9.23 Å². The Bertz CT molecular complexity index is 944. The zero-order valence-electron chi connectivity index (χ0n) is 19.1. The van der Waals surface area contributed by atoms with Crippen molar-refractivity contribution in [1.82, 2.24) is 0 Å². The molecule has 164 valence electrons. The van der Waals surface area contributed by atoms with Gasteiger partial charge < -0.3 is 4.43 Å². The third-order valence-corrected chi connectivity index (χ3v) is 5.30. The first-order valence-corrected chi connectivity index (χ1v) is 22.0. The summed E-state index contributed by atoms with van der Waals surface area (Å²) >= 11 is -0.826. The molecule has 0 aromatic heterocycles. The van der Waals surface area contributed by atoms with Crippen LogP contribution in [0.1, 0.15) is 5.56 Å². The molecule has 0 bridgehead atoms. The summed E-state index contributed by atoms with van der Waals surface area (Å²) in [5.74, 6) is 0. The maximum Gasteiger partial charge on any atom is -0.0809 e. The van der Waals surface area contributed by atoms with Crippen LogP contribution in [0.2, 0.25) is 32.7 Å². The SMILES string of the molecule is C[Si](C)(C)OCCc1c[cH-]c2ccccc12.C[Si]C.[Cl][Zr+2][Cl].c1ccc2[cH-]ccc2c1. The van der Waals surface area contributed by atoms with Gasteiger partial charge >= 0.3 is 37.9 Å². The van der Waals surface area contributed by atoms with E-state index in [4.69, 9.17) is 21.5 Å². The second-order valence-corrected chi connectivity index (χ2v) is 17.1. The predicted octanol–water partition coefficient (Wildman–Crippen LogP) is 8.67. The van der Waals surface area contributed by atoms with Crippen LogP contribution in [0.4, 0.5) is 0 Å². The van der Waals surface area contributed by atoms with Crippen LogP contribution in [0.25, 0.3) is 21.5 Å². The van der Waals surface area contributed by atoms with Crippen LogP contribution in [0.3, 0.4) is 0 Å². The Labute approximate surface area is 210 Å². The van der Waals surface area contributed by atoms with E-state index in [1.807, 2.05) is 0 Å². The van der Waals surface area contributed by atoms with Gasteiger partial charge in [0.05, 0.1) is 0 Å². The third kappa shape index (κ3) is 11.8. The standard InChI is InChI=1S/C14H19OSi.C9H7.C2H6Si.2ClH.Zr/c1-16(2,3)15-11-10-13-9-8-12-6-4-5-7-14(12)13;1-2-5-9-7-3-6-8(9)4-1;1-3-2;;;/h4-9H,10-11H2,1-3H3;1-7H;1-2H3;2*1H;/q2*-1;;;;+4/p-2. The van der Waals surface area contributed by atoms with E-state index in [1.54, 1.807) is 0 Å². The van der Waals surface area contributed by atoms with Crippen LogP contribution in [0.5, 0.6) is 0 Å². The Hall–Kier alpha value is -0.483. The van der Waals surface area contributed by atoms with Crippen LogP contribution < -0.4 is 0 Å².